The summed E-state index contributed by atoms with van der Waals surface area (Å²) in [5, 5.41) is 8.77. The number of nitrogens with zero attached hydrogens (tertiary/aromatic N) is 2. The normalized spacial score (nSPS) is 29.2. The van der Waals surface area contributed by atoms with Gasteiger partial charge < -0.3 is 5.11 Å². The van der Waals surface area contributed by atoms with Crippen LogP contribution < -0.4 is 0 Å². The molecule has 0 atom stereocenters. The molecular weight excluding hydrogens is 204 g/mol. The summed E-state index contributed by atoms with van der Waals surface area (Å²) in [6, 6.07) is 0.237. The molecule has 0 radical (unpaired) electrons. The highest BCUT2D eigenvalue weighted by molar-refractivity contribution is 7.86. The van der Waals surface area contributed by atoms with Crippen molar-refractivity contribution in [1.82, 2.24) is 8.61 Å². The highest BCUT2D eigenvalue weighted by Crippen LogP contribution is 2.32. The molecule has 1 saturated carbocycles. The predicted molar refractivity (Wildman–Crippen MR) is 51.9 cm³/mol. The van der Waals surface area contributed by atoms with Gasteiger partial charge in [0.15, 0.2) is 0 Å². The molecule has 6 heteroatoms. The van der Waals surface area contributed by atoms with Gasteiger partial charge in [-0.15, -0.1) is 0 Å². The molecule has 0 unspecified atom stereocenters. The predicted octanol–water partition coefficient (Wildman–Crippen LogP) is -0.606. The second-order valence-electron chi connectivity index (χ2n) is 3.83. The van der Waals surface area contributed by atoms with Gasteiger partial charge in [-0.2, -0.15) is 17.0 Å². The maximum Gasteiger partial charge on any atom is 0.282 e. The van der Waals surface area contributed by atoms with Crippen LogP contribution in [0, 0.1) is 0 Å². The Balaban J connectivity index is 2.12. The van der Waals surface area contributed by atoms with E-state index in [1.165, 1.54) is 4.31 Å². The van der Waals surface area contributed by atoms with Crippen molar-refractivity contribution < 1.29 is 13.5 Å². The summed E-state index contributed by atoms with van der Waals surface area (Å²) in [5.41, 5.74) is 0. The van der Waals surface area contributed by atoms with Crippen LogP contribution in [0.2, 0.25) is 0 Å². The van der Waals surface area contributed by atoms with Crippen molar-refractivity contribution >= 4 is 10.2 Å². The number of aliphatic hydroxyl groups is 1. The quantitative estimate of drug-likeness (QED) is 0.690. The second kappa shape index (κ2) is 3.77. The van der Waals surface area contributed by atoms with Gasteiger partial charge in [0, 0.05) is 25.7 Å². The van der Waals surface area contributed by atoms with E-state index < -0.39 is 10.2 Å². The van der Waals surface area contributed by atoms with Gasteiger partial charge in [0.05, 0.1) is 6.61 Å². The van der Waals surface area contributed by atoms with Crippen molar-refractivity contribution in [3.05, 3.63) is 0 Å². The van der Waals surface area contributed by atoms with E-state index in [4.69, 9.17) is 5.11 Å². The van der Waals surface area contributed by atoms with Crippen molar-refractivity contribution in [2.24, 2.45) is 0 Å². The lowest BCUT2D eigenvalue weighted by molar-refractivity contribution is 0.222. The van der Waals surface area contributed by atoms with Gasteiger partial charge in [0.2, 0.25) is 0 Å². The Morgan fingerprint density at radius 2 is 2.00 bits per heavy atom. The smallest absolute Gasteiger partial charge is 0.282 e. The SMILES string of the molecule is O=S1(=O)N(CCO)CCCN1C1CC1. The molecule has 82 valence electrons. The molecular formula is C8H16N2O3S. The van der Waals surface area contributed by atoms with Crippen molar-refractivity contribution in [2.75, 3.05) is 26.2 Å². The Morgan fingerprint density at radius 1 is 1.29 bits per heavy atom. The fourth-order valence-electron chi connectivity index (χ4n) is 1.85. The van der Waals surface area contributed by atoms with E-state index in [-0.39, 0.29) is 19.2 Å². The van der Waals surface area contributed by atoms with E-state index in [2.05, 4.69) is 0 Å². The first-order chi connectivity index (χ1) is 6.66. The van der Waals surface area contributed by atoms with Crippen LogP contribution >= 0.6 is 0 Å². The van der Waals surface area contributed by atoms with E-state index in [9.17, 15) is 8.42 Å². The van der Waals surface area contributed by atoms with Gasteiger partial charge in [0.25, 0.3) is 10.2 Å². The Bertz CT molecular complexity index is 298. The monoisotopic (exact) mass is 220 g/mol. The summed E-state index contributed by atoms with van der Waals surface area (Å²) >= 11 is 0. The average molecular weight is 220 g/mol. The Hall–Kier alpha value is -0.170. The minimum absolute atomic E-state index is 0.0995. The van der Waals surface area contributed by atoms with Gasteiger partial charge >= 0.3 is 0 Å². The first-order valence-corrected chi connectivity index (χ1v) is 6.44. The van der Waals surface area contributed by atoms with Gasteiger partial charge in [-0.1, -0.05) is 0 Å². The molecule has 2 rings (SSSR count). The lowest BCUT2D eigenvalue weighted by Crippen LogP contribution is -2.51. The number of β-amino-alcohol motifs (C(OH)–C–C–N with tert-alkyl or cyclic N) is 1. The molecule has 0 aromatic carbocycles. The molecule has 2 aliphatic rings. The Kier molecular flexibility index (Phi) is 2.79. The molecule has 2 fully saturated rings. The van der Waals surface area contributed by atoms with Crippen molar-refractivity contribution in [2.45, 2.75) is 25.3 Å². The second-order valence-corrected chi connectivity index (χ2v) is 5.71. The zero-order valence-electron chi connectivity index (χ0n) is 8.09. The summed E-state index contributed by atoms with van der Waals surface area (Å²) in [7, 11) is -3.26. The lowest BCUT2D eigenvalue weighted by atomic mass is 10.4. The molecule has 0 spiro atoms. The fraction of sp³-hybridized carbons (Fsp3) is 1.00. The van der Waals surface area contributed by atoms with Gasteiger partial charge in [-0.3, -0.25) is 0 Å². The van der Waals surface area contributed by atoms with E-state index in [1.54, 1.807) is 4.31 Å². The van der Waals surface area contributed by atoms with E-state index >= 15 is 0 Å². The molecule has 0 amide bonds. The molecule has 5 nitrogen and oxygen atoms in total. The third-order valence-corrected chi connectivity index (χ3v) is 4.80. The van der Waals surface area contributed by atoms with E-state index in [0.717, 1.165) is 19.3 Å². The number of hydrogen-bond acceptors (Lipinski definition) is 3. The Morgan fingerprint density at radius 3 is 2.57 bits per heavy atom. The van der Waals surface area contributed by atoms with Crippen LogP contribution in [0.25, 0.3) is 0 Å². The molecule has 14 heavy (non-hydrogen) atoms. The summed E-state index contributed by atoms with van der Waals surface area (Å²) in [4.78, 5) is 0. The topological polar surface area (TPSA) is 60.9 Å². The van der Waals surface area contributed by atoms with Gasteiger partial charge in [-0.05, 0) is 19.3 Å². The van der Waals surface area contributed by atoms with E-state index in [1.807, 2.05) is 0 Å². The summed E-state index contributed by atoms with van der Waals surface area (Å²) in [5.74, 6) is 0. The minimum Gasteiger partial charge on any atom is -0.395 e. The van der Waals surface area contributed by atoms with Crippen LogP contribution in [0.5, 0.6) is 0 Å². The number of rotatable bonds is 3. The molecule has 0 aromatic rings. The minimum atomic E-state index is -3.26. The summed E-state index contributed by atoms with van der Waals surface area (Å²) in [6.07, 6.45) is 2.86. The molecule has 1 aliphatic heterocycles. The maximum atomic E-state index is 11.9. The molecule has 1 N–H and O–H groups in total. The third-order valence-electron chi connectivity index (χ3n) is 2.71. The van der Waals surface area contributed by atoms with Gasteiger partial charge in [0.1, 0.15) is 0 Å². The lowest BCUT2D eigenvalue weighted by Gasteiger charge is -2.34. The molecule has 1 saturated heterocycles. The molecule has 1 aliphatic carbocycles. The first kappa shape index (κ1) is 10.4. The van der Waals surface area contributed by atoms with Crippen LogP contribution in [-0.2, 0) is 10.2 Å². The van der Waals surface area contributed by atoms with Crippen molar-refractivity contribution in [1.29, 1.82) is 0 Å². The zero-order chi connectivity index (χ0) is 10.2. The van der Waals surface area contributed by atoms with Crippen molar-refractivity contribution in [3.8, 4) is 0 Å². The summed E-state index contributed by atoms with van der Waals surface area (Å²) < 4.78 is 26.8. The standard InChI is InChI=1S/C8H16N2O3S/c11-7-6-9-4-1-5-10(8-2-3-8)14(9,12)13/h8,11H,1-7H2. The molecule has 1 heterocycles. The van der Waals surface area contributed by atoms with Crippen LogP contribution in [0.1, 0.15) is 19.3 Å². The van der Waals surface area contributed by atoms with Crippen molar-refractivity contribution in [3.63, 3.8) is 0 Å². The van der Waals surface area contributed by atoms with Crippen LogP contribution in [0.4, 0.5) is 0 Å². The fourth-order valence-corrected chi connectivity index (χ4v) is 3.77. The zero-order valence-corrected chi connectivity index (χ0v) is 8.91. The van der Waals surface area contributed by atoms with E-state index in [0.29, 0.717) is 13.1 Å². The van der Waals surface area contributed by atoms with Gasteiger partial charge in [-0.25, -0.2) is 0 Å². The highest BCUT2D eigenvalue weighted by Gasteiger charge is 2.42. The maximum absolute atomic E-state index is 11.9. The summed E-state index contributed by atoms with van der Waals surface area (Å²) in [6.45, 7) is 1.32. The largest absolute Gasteiger partial charge is 0.395 e. The molecule has 0 aromatic heterocycles. The average Bonchev–Trinajstić information content (AvgIpc) is 2.91. The molecule has 0 bridgehead atoms. The first-order valence-electron chi connectivity index (χ1n) is 5.04. The van der Waals surface area contributed by atoms with Crippen LogP contribution in [-0.4, -0.2) is 54.4 Å². The third kappa shape index (κ3) is 1.79. The Labute approximate surface area is 84.5 Å². The number of aliphatic hydroxyl groups excluding tert-OH is 1. The van der Waals surface area contributed by atoms with Crippen LogP contribution in [0.3, 0.4) is 0 Å². The van der Waals surface area contributed by atoms with Crippen LogP contribution in [0.15, 0.2) is 0 Å². The number of hydrogen-bond donors (Lipinski definition) is 1. The highest BCUT2D eigenvalue weighted by atomic mass is 32.2.